The average Bonchev–Trinajstić information content (AvgIpc) is 3.36. The highest BCUT2D eigenvalue weighted by molar-refractivity contribution is 6.31. The van der Waals surface area contributed by atoms with E-state index in [1.165, 1.54) is 58.7 Å². The van der Waals surface area contributed by atoms with Crippen molar-refractivity contribution in [3.8, 4) is 0 Å². The Labute approximate surface area is 394 Å². The molecule has 6 aromatic rings. The molecule has 2 fully saturated rings. The summed E-state index contributed by atoms with van der Waals surface area (Å²) in [5.74, 6) is -8.03. The molecule has 0 saturated carbocycles. The molecule has 0 amide bonds. The molecule has 0 bridgehead atoms. The van der Waals surface area contributed by atoms with E-state index in [0.717, 1.165) is 86.7 Å². The fraction of sp³-hybridized carbons (Fsp3) is 0.231. The van der Waals surface area contributed by atoms with E-state index in [4.69, 9.17) is 23.2 Å². The molecule has 2 heterocycles. The molecule has 2 saturated heterocycles. The van der Waals surface area contributed by atoms with Crippen molar-refractivity contribution in [3.63, 3.8) is 0 Å². The average molecular weight is 932 g/mol. The lowest BCUT2D eigenvalue weighted by Gasteiger charge is -2.35. The van der Waals surface area contributed by atoms with Crippen LogP contribution in [0.15, 0.2) is 170 Å². The summed E-state index contributed by atoms with van der Waals surface area (Å²) in [6, 6.07) is 51.4. The van der Waals surface area contributed by atoms with Crippen LogP contribution in [0.1, 0.15) is 55.1 Å². The van der Waals surface area contributed by atoms with Gasteiger partial charge in [-0.1, -0.05) is 169 Å². The molecule has 14 heteroatoms. The van der Waals surface area contributed by atoms with Crippen molar-refractivity contribution >= 4 is 46.7 Å². The first-order valence-corrected chi connectivity index (χ1v) is 22.2. The lowest BCUT2D eigenvalue weighted by molar-refractivity contribution is -0.187. The van der Waals surface area contributed by atoms with Crippen LogP contribution in [0.2, 0.25) is 10.0 Å². The van der Waals surface area contributed by atoms with Gasteiger partial charge in [0.2, 0.25) is 11.6 Å². The van der Waals surface area contributed by atoms with Crippen molar-refractivity contribution in [1.82, 2.24) is 20.4 Å². The summed E-state index contributed by atoms with van der Waals surface area (Å²) in [5.41, 5.74) is -3.38. The first-order chi connectivity index (χ1) is 31.9. The Morgan fingerprint density at radius 1 is 0.424 bits per heavy atom. The fourth-order valence-electron chi connectivity index (χ4n) is 8.10. The number of benzene rings is 6. The predicted molar refractivity (Wildman–Crippen MR) is 255 cm³/mol. The van der Waals surface area contributed by atoms with Gasteiger partial charge in [0.25, 0.3) is 11.2 Å². The minimum atomic E-state index is -3.95. The van der Waals surface area contributed by atoms with Gasteiger partial charge in [-0.3, -0.25) is 19.4 Å². The third kappa shape index (κ3) is 11.7. The maximum absolute atomic E-state index is 12.6. The zero-order valence-corrected chi connectivity index (χ0v) is 37.6. The van der Waals surface area contributed by atoms with Crippen LogP contribution < -0.4 is 10.6 Å². The summed E-state index contributed by atoms with van der Waals surface area (Å²) >= 11 is 12.0. The number of ketones is 2. The Morgan fingerprint density at radius 2 is 0.682 bits per heavy atom. The number of rotatable bonds is 13. The van der Waals surface area contributed by atoms with Crippen molar-refractivity contribution in [3.05, 3.63) is 213 Å². The Morgan fingerprint density at radius 3 is 0.955 bits per heavy atom. The number of carboxylic acid groups (broad SMARTS) is 2. The molecular formula is C52H52Cl2N4O8. The van der Waals surface area contributed by atoms with Gasteiger partial charge in [0.15, 0.2) is 0 Å². The van der Waals surface area contributed by atoms with Crippen molar-refractivity contribution < 1.29 is 39.6 Å². The van der Waals surface area contributed by atoms with Gasteiger partial charge in [0.05, 0.1) is 12.1 Å². The van der Waals surface area contributed by atoms with Crippen LogP contribution in [-0.2, 0) is 9.59 Å². The second kappa shape index (κ2) is 23.4. The van der Waals surface area contributed by atoms with Crippen LogP contribution in [0.4, 0.5) is 0 Å². The molecule has 4 unspecified atom stereocenters. The second-order valence-electron chi connectivity index (χ2n) is 15.7. The molecule has 8 rings (SSSR count). The van der Waals surface area contributed by atoms with Crippen LogP contribution in [0.25, 0.3) is 0 Å². The van der Waals surface area contributed by atoms with E-state index in [1.54, 1.807) is 0 Å². The number of hydrogen-bond acceptors (Lipinski definition) is 10. The van der Waals surface area contributed by atoms with Crippen LogP contribution in [0, 0.1) is 0 Å². The van der Waals surface area contributed by atoms with Gasteiger partial charge in [0.1, 0.15) is 0 Å². The minimum Gasteiger partial charge on any atom is -0.479 e. The largest absolute Gasteiger partial charge is 0.479 e. The maximum atomic E-state index is 12.6. The van der Waals surface area contributed by atoms with Crippen LogP contribution in [0.3, 0.4) is 0 Å². The van der Waals surface area contributed by atoms with Gasteiger partial charge < -0.3 is 31.1 Å². The number of carbonyl (C=O) groups is 4. The third-order valence-electron chi connectivity index (χ3n) is 11.5. The molecule has 66 heavy (non-hydrogen) atoms. The van der Waals surface area contributed by atoms with E-state index < -0.39 is 45.8 Å². The summed E-state index contributed by atoms with van der Waals surface area (Å²) in [5, 5.41) is 48.3. The van der Waals surface area contributed by atoms with Crippen LogP contribution in [0.5, 0.6) is 0 Å². The van der Waals surface area contributed by atoms with Crippen molar-refractivity contribution in [2.24, 2.45) is 0 Å². The minimum absolute atomic E-state index is 0.315. The van der Waals surface area contributed by atoms with E-state index in [2.05, 4.69) is 105 Å². The monoisotopic (exact) mass is 930 g/mol. The lowest BCUT2D eigenvalue weighted by Crippen LogP contribution is -2.71. The molecular weight excluding hydrogens is 879 g/mol. The number of carbonyl (C=O) groups excluding carboxylic acids is 2. The molecule has 0 spiro atoms. The smallest absolute Gasteiger partial charge is 0.348 e. The zero-order valence-electron chi connectivity index (χ0n) is 36.0. The number of nitrogens with one attached hydrogen (secondary N) is 2. The molecule has 6 N–H and O–H groups in total. The molecule has 0 aromatic heterocycles. The normalized spacial score (nSPS) is 16.8. The maximum Gasteiger partial charge on any atom is 0.348 e. The van der Waals surface area contributed by atoms with Crippen molar-refractivity contribution in [2.45, 2.75) is 23.3 Å². The van der Waals surface area contributed by atoms with Gasteiger partial charge in [0, 0.05) is 73.5 Å². The lowest BCUT2D eigenvalue weighted by atomic mass is 9.73. The summed E-state index contributed by atoms with van der Waals surface area (Å²) in [6.07, 6.45) is 0. The first kappa shape index (κ1) is 49.4. The van der Waals surface area contributed by atoms with Crippen molar-refractivity contribution in [1.29, 1.82) is 0 Å². The molecule has 2 aliphatic heterocycles. The summed E-state index contributed by atoms with van der Waals surface area (Å²) in [6.45, 7) is 8.50. The Balaban J connectivity index is 0.000000165. The number of aliphatic carboxylic acids is 2. The van der Waals surface area contributed by atoms with E-state index in [9.17, 15) is 39.6 Å². The molecule has 4 atom stereocenters. The van der Waals surface area contributed by atoms with Crippen LogP contribution >= 0.6 is 23.2 Å². The predicted octanol–water partition coefficient (Wildman–Crippen LogP) is 7.05. The summed E-state index contributed by atoms with van der Waals surface area (Å²) < 4.78 is 0. The number of halogens is 2. The number of nitrogens with zero attached hydrogens (tertiary/aromatic N) is 2. The molecule has 342 valence electrons. The van der Waals surface area contributed by atoms with Gasteiger partial charge >= 0.3 is 11.9 Å². The Kier molecular flexibility index (Phi) is 17.5. The fourth-order valence-corrected chi connectivity index (χ4v) is 8.35. The van der Waals surface area contributed by atoms with Crippen molar-refractivity contribution in [2.75, 3.05) is 52.4 Å². The van der Waals surface area contributed by atoms with E-state index >= 15 is 0 Å². The van der Waals surface area contributed by atoms with Gasteiger partial charge in [-0.05, 0) is 46.5 Å². The highest BCUT2D eigenvalue weighted by Crippen LogP contribution is 2.33. The summed E-state index contributed by atoms with van der Waals surface area (Å²) in [7, 11) is 0. The van der Waals surface area contributed by atoms with Crippen LogP contribution in [-0.4, -0.2) is 117 Å². The standard InChI is InChI=1S/C18H14O8.2C17H19ClN2/c19-13(11-7-3-1-4-8-11)17(25,15(21)22)18(26,16(23)24)14(20)12-9-5-2-6-10-12;2*18-16-8-6-15(7-9-16)17(14-4-2-1-3-5-14)20-12-10-19-11-13-20/h1-10,25-26H,(H,21,22)(H,23,24);2*1-9,17,19H,10-13H2. The van der Waals surface area contributed by atoms with E-state index in [1.807, 2.05) is 24.3 Å². The zero-order chi connectivity index (χ0) is 47.1. The van der Waals surface area contributed by atoms with E-state index in [0.29, 0.717) is 12.1 Å². The van der Waals surface area contributed by atoms with E-state index in [-0.39, 0.29) is 0 Å². The molecule has 0 radical (unpaired) electrons. The number of piperazine rings is 2. The van der Waals surface area contributed by atoms with Gasteiger partial charge in [-0.25, -0.2) is 9.59 Å². The quantitative estimate of drug-likeness (QED) is 0.0514. The SMILES string of the molecule is Clc1ccc(C(c2ccccc2)N2CCNCC2)cc1.Clc1ccc(C(c2ccccc2)N2CCNCC2)cc1.O=C(O)C(O)(C(=O)c1ccccc1)C(O)(C(=O)O)C(=O)c1ccccc1. The topological polar surface area (TPSA) is 180 Å². The number of hydrogen-bond donors (Lipinski definition) is 6. The second-order valence-corrected chi connectivity index (χ2v) is 16.6. The highest BCUT2D eigenvalue weighted by Gasteiger charge is 2.69. The molecule has 0 aliphatic carbocycles. The third-order valence-corrected chi connectivity index (χ3v) is 12.0. The first-order valence-electron chi connectivity index (χ1n) is 21.5. The highest BCUT2D eigenvalue weighted by atomic mass is 35.5. The number of Topliss-reactive ketones (excluding diaryl/α,β-unsaturated/α-hetero) is 2. The number of carboxylic acids is 2. The Hall–Kier alpha value is -6.06. The van der Waals surface area contributed by atoms with Gasteiger partial charge in [-0.2, -0.15) is 0 Å². The summed E-state index contributed by atoms with van der Waals surface area (Å²) in [4.78, 5) is 53.6. The molecule has 12 nitrogen and oxygen atoms in total. The molecule has 6 aromatic carbocycles. The van der Waals surface area contributed by atoms with Gasteiger partial charge in [-0.15, -0.1) is 0 Å². The Bertz CT molecular complexity index is 2320. The number of aliphatic hydroxyl groups is 2. The molecule has 2 aliphatic rings.